The van der Waals surface area contributed by atoms with Crippen LogP contribution in [0, 0.1) is 5.82 Å². The Bertz CT molecular complexity index is 964. The minimum Gasteiger partial charge on any atom is -0.497 e. The van der Waals surface area contributed by atoms with Gasteiger partial charge in [0, 0.05) is 30.5 Å². The summed E-state index contributed by atoms with van der Waals surface area (Å²) in [6, 6.07) is 9.26. The number of halogens is 1. The van der Waals surface area contributed by atoms with E-state index in [4.69, 9.17) is 9.47 Å². The molecule has 3 amide bonds. The zero-order chi connectivity index (χ0) is 19.9. The van der Waals surface area contributed by atoms with Crippen LogP contribution in [0.5, 0.6) is 11.5 Å². The summed E-state index contributed by atoms with van der Waals surface area (Å²) in [7, 11) is 2.95. The minimum absolute atomic E-state index is 0.103. The zero-order valence-electron chi connectivity index (χ0n) is 15.5. The fraction of sp³-hybridized carbons (Fsp3) is 0.300. The van der Waals surface area contributed by atoms with Crippen LogP contribution in [-0.2, 0) is 10.2 Å². The average molecular weight is 385 g/mol. The summed E-state index contributed by atoms with van der Waals surface area (Å²) in [4.78, 5) is 27.0. The number of rotatable bonds is 3. The second kappa shape index (κ2) is 6.70. The van der Waals surface area contributed by atoms with Crippen LogP contribution < -0.4 is 20.1 Å². The lowest BCUT2D eigenvalue weighted by atomic mass is 9.81. The lowest BCUT2D eigenvalue weighted by Crippen LogP contribution is -2.40. The van der Waals surface area contributed by atoms with Crippen molar-refractivity contribution in [1.29, 1.82) is 0 Å². The fourth-order valence-electron chi connectivity index (χ4n) is 3.85. The van der Waals surface area contributed by atoms with E-state index in [0.29, 0.717) is 24.4 Å². The number of hydrogen-bond donors (Lipinski definition) is 2. The third-order valence-corrected chi connectivity index (χ3v) is 5.38. The molecule has 2 aliphatic rings. The molecule has 1 fully saturated rings. The van der Waals surface area contributed by atoms with Crippen molar-refractivity contribution >= 4 is 23.3 Å². The molecule has 28 heavy (non-hydrogen) atoms. The second-order valence-electron chi connectivity index (χ2n) is 6.90. The molecule has 0 aromatic heterocycles. The smallest absolute Gasteiger partial charge is 0.321 e. The Balaban J connectivity index is 1.54. The van der Waals surface area contributed by atoms with Gasteiger partial charge in [-0.05, 0) is 42.3 Å². The number of fused-ring (bicyclic) bond motifs is 2. The molecule has 1 atom stereocenters. The highest BCUT2D eigenvalue weighted by atomic mass is 19.1. The molecule has 0 bridgehead atoms. The van der Waals surface area contributed by atoms with Crippen LogP contribution in [0.25, 0.3) is 0 Å². The molecule has 146 valence electrons. The Hall–Kier alpha value is -3.29. The number of anilines is 2. The van der Waals surface area contributed by atoms with Gasteiger partial charge in [-0.1, -0.05) is 0 Å². The van der Waals surface area contributed by atoms with Crippen molar-refractivity contribution in [2.24, 2.45) is 0 Å². The van der Waals surface area contributed by atoms with Gasteiger partial charge in [-0.3, -0.25) is 4.79 Å². The Kier molecular flexibility index (Phi) is 4.33. The quantitative estimate of drug-likeness (QED) is 0.851. The monoisotopic (exact) mass is 385 g/mol. The van der Waals surface area contributed by atoms with Crippen LogP contribution in [-0.4, -0.2) is 44.1 Å². The summed E-state index contributed by atoms with van der Waals surface area (Å²) in [6.45, 7) is 0.651. The Labute approximate surface area is 161 Å². The van der Waals surface area contributed by atoms with Crippen molar-refractivity contribution in [3.8, 4) is 11.5 Å². The number of methoxy groups -OCH3 is 2. The van der Waals surface area contributed by atoms with Gasteiger partial charge >= 0.3 is 6.03 Å². The summed E-state index contributed by atoms with van der Waals surface area (Å²) in [5.74, 6) is 0.0773. The summed E-state index contributed by atoms with van der Waals surface area (Å²) in [6.07, 6.45) is 0.503. The number of carbonyl (C=O) groups is 2. The van der Waals surface area contributed by atoms with E-state index in [2.05, 4.69) is 10.6 Å². The summed E-state index contributed by atoms with van der Waals surface area (Å²) < 4.78 is 24.0. The van der Waals surface area contributed by atoms with Gasteiger partial charge in [-0.25, -0.2) is 9.18 Å². The Morgan fingerprint density at radius 2 is 2.04 bits per heavy atom. The molecule has 1 spiro atoms. The number of ether oxygens (including phenoxy) is 2. The van der Waals surface area contributed by atoms with Gasteiger partial charge in [-0.15, -0.1) is 0 Å². The third-order valence-electron chi connectivity index (χ3n) is 5.38. The van der Waals surface area contributed by atoms with Gasteiger partial charge in [0.1, 0.15) is 5.75 Å². The molecule has 2 aliphatic heterocycles. The van der Waals surface area contributed by atoms with E-state index in [-0.39, 0.29) is 24.2 Å². The minimum atomic E-state index is -0.799. The van der Waals surface area contributed by atoms with Crippen molar-refractivity contribution in [2.45, 2.75) is 11.8 Å². The van der Waals surface area contributed by atoms with Gasteiger partial charge < -0.3 is 25.0 Å². The summed E-state index contributed by atoms with van der Waals surface area (Å²) >= 11 is 0. The Morgan fingerprint density at radius 3 is 2.75 bits per heavy atom. The van der Waals surface area contributed by atoms with Gasteiger partial charge in [0.25, 0.3) is 0 Å². The fourth-order valence-corrected chi connectivity index (χ4v) is 3.85. The molecule has 2 aromatic rings. The first-order valence-corrected chi connectivity index (χ1v) is 8.86. The van der Waals surface area contributed by atoms with Gasteiger partial charge in [0.2, 0.25) is 5.91 Å². The van der Waals surface area contributed by atoms with E-state index in [9.17, 15) is 14.0 Å². The number of nitrogens with zero attached hydrogens (tertiary/aromatic N) is 1. The SMILES string of the molecule is COc1ccc2c(c1)[C@]1(CCN(C(=O)Nc3ccc(OC)c(F)c3)C1)C(=O)N2. The molecule has 2 heterocycles. The predicted molar refractivity (Wildman–Crippen MR) is 101 cm³/mol. The van der Waals surface area contributed by atoms with Gasteiger partial charge in [-0.2, -0.15) is 0 Å². The molecule has 4 rings (SSSR count). The molecular formula is C20H20FN3O4. The van der Waals surface area contributed by atoms with Crippen LogP contribution in [0.3, 0.4) is 0 Å². The molecule has 0 unspecified atom stereocenters. The highest BCUT2D eigenvalue weighted by molar-refractivity contribution is 6.07. The lowest BCUT2D eigenvalue weighted by Gasteiger charge is -2.23. The molecule has 8 heteroatoms. The van der Waals surface area contributed by atoms with E-state index in [0.717, 1.165) is 11.3 Å². The summed E-state index contributed by atoms with van der Waals surface area (Å²) in [5, 5.41) is 5.57. The van der Waals surface area contributed by atoms with E-state index >= 15 is 0 Å². The standard InChI is InChI=1S/C20H20FN3O4/c1-27-13-4-5-16-14(10-13)20(18(25)23-16)7-8-24(11-20)19(26)22-12-3-6-17(28-2)15(21)9-12/h3-6,9-10H,7-8,11H2,1-2H3,(H,22,26)(H,23,25)/t20-/m1/s1. The number of carbonyl (C=O) groups excluding carboxylic acids is 2. The zero-order valence-corrected chi connectivity index (χ0v) is 15.5. The van der Waals surface area contributed by atoms with Crippen molar-refractivity contribution in [2.75, 3.05) is 37.9 Å². The van der Waals surface area contributed by atoms with E-state index < -0.39 is 11.2 Å². The normalized spacial score (nSPS) is 20.1. The molecule has 0 aliphatic carbocycles. The number of benzene rings is 2. The number of nitrogens with one attached hydrogen (secondary N) is 2. The molecule has 2 aromatic carbocycles. The first-order valence-electron chi connectivity index (χ1n) is 8.86. The summed E-state index contributed by atoms with van der Waals surface area (Å²) in [5.41, 5.74) is 1.10. The van der Waals surface area contributed by atoms with Crippen molar-refractivity contribution in [1.82, 2.24) is 4.90 Å². The van der Waals surface area contributed by atoms with Gasteiger partial charge in [0.05, 0.1) is 19.6 Å². The number of likely N-dealkylation sites (tertiary alicyclic amines) is 1. The topological polar surface area (TPSA) is 79.9 Å². The number of urea groups is 1. The molecular weight excluding hydrogens is 365 g/mol. The highest BCUT2D eigenvalue weighted by Crippen LogP contribution is 2.45. The van der Waals surface area contributed by atoms with E-state index in [1.54, 1.807) is 24.1 Å². The molecule has 7 nitrogen and oxygen atoms in total. The maximum atomic E-state index is 13.9. The van der Waals surface area contributed by atoms with Crippen LogP contribution in [0.15, 0.2) is 36.4 Å². The first kappa shape index (κ1) is 18.1. The number of hydrogen-bond acceptors (Lipinski definition) is 4. The highest BCUT2D eigenvalue weighted by Gasteiger charge is 2.52. The van der Waals surface area contributed by atoms with Gasteiger partial charge in [0.15, 0.2) is 11.6 Å². The molecule has 0 radical (unpaired) electrons. The maximum Gasteiger partial charge on any atom is 0.321 e. The predicted octanol–water partition coefficient (Wildman–Crippen LogP) is 2.97. The van der Waals surface area contributed by atoms with Crippen molar-refractivity contribution < 1.29 is 23.5 Å². The molecule has 0 saturated carbocycles. The second-order valence-corrected chi connectivity index (χ2v) is 6.90. The first-order chi connectivity index (χ1) is 13.5. The van der Waals surface area contributed by atoms with Crippen LogP contribution >= 0.6 is 0 Å². The average Bonchev–Trinajstić information content (AvgIpc) is 3.25. The van der Waals surface area contributed by atoms with E-state index in [1.807, 2.05) is 12.1 Å². The van der Waals surface area contributed by atoms with Crippen molar-refractivity contribution in [3.63, 3.8) is 0 Å². The molecule has 1 saturated heterocycles. The van der Waals surface area contributed by atoms with E-state index in [1.165, 1.54) is 19.2 Å². The number of amides is 3. The van der Waals surface area contributed by atoms with Crippen LogP contribution in [0.2, 0.25) is 0 Å². The maximum absolute atomic E-state index is 13.9. The van der Waals surface area contributed by atoms with Crippen molar-refractivity contribution in [3.05, 3.63) is 47.8 Å². The third kappa shape index (κ3) is 2.81. The lowest BCUT2D eigenvalue weighted by molar-refractivity contribution is -0.120. The van der Waals surface area contributed by atoms with Crippen LogP contribution in [0.1, 0.15) is 12.0 Å². The van der Waals surface area contributed by atoms with Crippen LogP contribution in [0.4, 0.5) is 20.6 Å². The Morgan fingerprint density at radius 1 is 1.21 bits per heavy atom. The molecule has 2 N–H and O–H groups in total. The largest absolute Gasteiger partial charge is 0.497 e.